The highest BCUT2D eigenvalue weighted by Gasteiger charge is 2.22. The van der Waals surface area contributed by atoms with E-state index in [0.29, 0.717) is 5.56 Å². The van der Waals surface area contributed by atoms with E-state index in [1.165, 1.54) is 11.3 Å². The number of amides is 1. The Morgan fingerprint density at radius 1 is 1.17 bits per heavy atom. The minimum absolute atomic E-state index is 0.0789. The monoisotopic (exact) mass is 327 g/mol. The fraction of sp³-hybridized carbons (Fsp3) is 0.500. The Bertz CT molecular complexity index is 709. The van der Waals surface area contributed by atoms with Crippen LogP contribution in [-0.4, -0.2) is 51.8 Å². The molecule has 128 valence electrons. The molecule has 3 rings (SSSR count). The number of hydrogen-bond donors (Lipinski definition) is 0. The van der Waals surface area contributed by atoms with Crippen LogP contribution in [0, 0.1) is 6.92 Å². The van der Waals surface area contributed by atoms with Gasteiger partial charge >= 0.3 is 0 Å². The first-order valence-electron chi connectivity index (χ1n) is 8.55. The second-order valence-corrected chi connectivity index (χ2v) is 6.60. The number of carbonyl (C=O) groups is 1. The van der Waals surface area contributed by atoms with Crippen molar-refractivity contribution in [2.75, 3.05) is 31.1 Å². The molecule has 0 atom stereocenters. The van der Waals surface area contributed by atoms with Crippen LogP contribution in [0.15, 0.2) is 30.9 Å². The quantitative estimate of drug-likeness (QED) is 0.869. The lowest BCUT2D eigenvalue weighted by Crippen LogP contribution is -2.35. The molecule has 0 bridgehead atoms. The molecule has 0 spiro atoms. The minimum Gasteiger partial charge on any atom is -0.369 e. The topological polar surface area (TPSA) is 54.3 Å². The molecule has 24 heavy (non-hydrogen) atoms. The van der Waals surface area contributed by atoms with Crippen molar-refractivity contribution in [1.82, 2.24) is 19.7 Å². The number of aryl methyl sites for hydroxylation is 1. The predicted octanol–water partition coefficient (Wildman–Crippen LogP) is 2.52. The fourth-order valence-corrected chi connectivity index (χ4v) is 3.10. The molecule has 3 heterocycles. The van der Waals surface area contributed by atoms with Gasteiger partial charge in [-0.2, -0.15) is 5.10 Å². The lowest BCUT2D eigenvalue weighted by molar-refractivity contribution is 0.0767. The Balaban J connectivity index is 1.68. The van der Waals surface area contributed by atoms with E-state index in [9.17, 15) is 4.79 Å². The largest absolute Gasteiger partial charge is 0.369 e. The zero-order valence-electron chi connectivity index (χ0n) is 14.6. The van der Waals surface area contributed by atoms with Gasteiger partial charge in [-0.15, -0.1) is 0 Å². The Hall–Kier alpha value is -2.37. The SMILES string of the molecule is Cc1cnccc1N1CCCN(C(=O)c2cnn(C(C)C)c2)CC1. The fourth-order valence-electron chi connectivity index (χ4n) is 3.10. The van der Waals surface area contributed by atoms with Crippen LogP contribution in [0.4, 0.5) is 5.69 Å². The summed E-state index contributed by atoms with van der Waals surface area (Å²) in [6, 6.07) is 2.32. The van der Waals surface area contributed by atoms with Crippen LogP contribution in [0.3, 0.4) is 0 Å². The summed E-state index contributed by atoms with van der Waals surface area (Å²) in [7, 11) is 0. The number of anilines is 1. The molecule has 0 aliphatic carbocycles. The summed E-state index contributed by atoms with van der Waals surface area (Å²) in [6.07, 6.45) is 8.21. The lowest BCUT2D eigenvalue weighted by atomic mass is 10.2. The number of pyridine rings is 1. The molecular formula is C18H25N5O. The number of carbonyl (C=O) groups excluding carboxylic acids is 1. The van der Waals surface area contributed by atoms with Gasteiger partial charge in [0.1, 0.15) is 0 Å². The van der Waals surface area contributed by atoms with E-state index in [2.05, 4.69) is 41.8 Å². The zero-order valence-corrected chi connectivity index (χ0v) is 14.6. The molecule has 0 radical (unpaired) electrons. The first-order chi connectivity index (χ1) is 11.6. The summed E-state index contributed by atoms with van der Waals surface area (Å²) >= 11 is 0. The van der Waals surface area contributed by atoms with E-state index in [0.717, 1.165) is 32.6 Å². The minimum atomic E-state index is 0.0789. The van der Waals surface area contributed by atoms with E-state index in [1.807, 2.05) is 28.2 Å². The average Bonchev–Trinajstić information content (AvgIpc) is 2.94. The van der Waals surface area contributed by atoms with E-state index < -0.39 is 0 Å². The van der Waals surface area contributed by atoms with Gasteiger partial charge in [0.15, 0.2) is 0 Å². The maximum Gasteiger partial charge on any atom is 0.257 e. The van der Waals surface area contributed by atoms with E-state index in [4.69, 9.17) is 0 Å². The molecule has 0 N–H and O–H groups in total. The van der Waals surface area contributed by atoms with Crippen molar-refractivity contribution >= 4 is 11.6 Å². The van der Waals surface area contributed by atoms with E-state index in [-0.39, 0.29) is 11.9 Å². The molecule has 1 fully saturated rings. The third-order valence-corrected chi connectivity index (χ3v) is 4.49. The maximum atomic E-state index is 12.7. The first-order valence-corrected chi connectivity index (χ1v) is 8.55. The van der Waals surface area contributed by atoms with Gasteiger partial charge in [-0.3, -0.25) is 14.5 Å². The van der Waals surface area contributed by atoms with Gasteiger partial charge in [0, 0.05) is 56.5 Å². The standard InChI is InChI=1S/C18H25N5O/c1-14(2)23-13-16(12-20-23)18(24)22-8-4-7-21(9-10-22)17-5-6-19-11-15(17)3/h5-6,11-14H,4,7-10H2,1-3H3. The Labute approximate surface area is 143 Å². The molecule has 2 aromatic rings. The number of rotatable bonds is 3. The molecular weight excluding hydrogens is 302 g/mol. The molecule has 1 saturated heterocycles. The Kier molecular flexibility index (Phi) is 4.83. The third kappa shape index (κ3) is 3.42. The predicted molar refractivity (Wildman–Crippen MR) is 94.3 cm³/mol. The lowest BCUT2D eigenvalue weighted by Gasteiger charge is -2.24. The van der Waals surface area contributed by atoms with Crippen LogP contribution in [0.1, 0.15) is 42.2 Å². The summed E-state index contributed by atoms with van der Waals surface area (Å²) in [6.45, 7) is 9.51. The normalized spacial score (nSPS) is 15.7. The van der Waals surface area contributed by atoms with Gasteiger partial charge in [-0.25, -0.2) is 0 Å². The molecule has 1 aliphatic heterocycles. The summed E-state index contributed by atoms with van der Waals surface area (Å²) in [5.41, 5.74) is 3.07. The van der Waals surface area contributed by atoms with Gasteiger partial charge in [-0.1, -0.05) is 0 Å². The van der Waals surface area contributed by atoms with Gasteiger partial charge in [-0.05, 0) is 38.8 Å². The molecule has 6 heteroatoms. The third-order valence-electron chi connectivity index (χ3n) is 4.49. The van der Waals surface area contributed by atoms with Crippen molar-refractivity contribution in [3.63, 3.8) is 0 Å². The molecule has 0 saturated carbocycles. The molecule has 2 aromatic heterocycles. The second-order valence-electron chi connectivity index (χ2n) is 6.60. The summed E-state index contributed by atoms with van der Waals surface area (Å²) in [4.78, 5) is 21.2. The van der Waals surface area contributed by atoms with Crippen LogP contribution in [0.2, 0.25) is 0 Å². The Morgan fingerprint density at radius 2 is 2.00 bits per heavy atom. The molecule has 0 aromatic carbocycles. The molecule has 6 nitrogen and oxygen atoms in total. The summed E-state index contributed by atoms with van der Waals surface area (Å²) < 4.78 is 1.83. The van der Waals surface area contributed by atoms with Crippen molar-refractivity contribution in [2.24, 2.45) is 0 Å². The van der Waals surface area contributed by atoms with Gasteiger partial charge in [0.25, 0.3) is 5.91 Å². The van der Waals surface area contributed by atoms with Crippen LogP contribution >= 0.6 is 0 Å². The van der Waals surface area contributed by atoms with Crippen molar-refractivity contribution in [1.29, 1.82) is 0 Å². The number of hydrogen-bond acceptors (Lipinski definition) is 4. The van der Waals surface area contributed by atoms with Gasteiger partial charge < -0.3 is 9.80 Å². The van der Waals surface area contributed by atoms with Gasteiger partial charge in [0.2, 0.25) is 0 Å². The number of nitrogens with zero attached hydrogens (tertiary/aromatic N) is 5. The van der Waals surface area contributed by atoms with Crippen LogP contribution < -0.4 is 4.90 Å². The van der Waals surface area contributed by atoms with E-state index in [1.54, 1.807) is 6.20 Å². The smallest absolute Gasteiger partial charge is 0.257 e. The molecule has 0 unspecified atom stereocenters. The molecule has 1 amide bonds. The van der Waals surface area contributed by atoms with Crippen molar-refractivity contribution < 1.29 is 4.79 Å². The first kappa shape index (κ1) is 16.5. The molecule has 1 aliphatic rings. The average molecular weight is 327 g/mol. The van der Waals surface area contributed by atoms with Crippen molar-refractivity contribution in [3.05, 3.63) is 42.0 Å². The number of aromatic nitrogens is 3. The Morgan fingerprint density at radius 3 is 2.71 bits per heavy atom. The highest BCUT2D eigenvalue weighted by molar-refractivity contribution is 5.93. The van der Waals surface area contributed by atoms with Crippen LogP contribution in [-0.2, 0) is 0 Å². The van der Waals surface area contributed by atoms with Crippen LogP contribution in [0.25, 0.3) is 0 Å². The second kappa shape index (κ2) is 7.03. The van der Waals surface area contributed by atoms with Crippen molar-refractivity contribution in [2.45, 2.75) is 33.2 Å². The van der Waals surface area contributed by atoms with Crippen LogP contribution in [0.5, 0.6) is 0 Å². The van der Waals surface area contributed by atoms with E-state index >= 15 is 0 Å². The van der Waals surface area contributed by atoms with Gasteiger partial charge in [0.05, 0.1) is 11.8 Å². The summed E-state index contributed by atoms with van der Waals surface area (Å²) in [5.74, 6) is 0.0789. The summed E-state index contributed by atoms with van der Waals surface area (Å²) in [5, 5.41) is 4.28. The zero-order chi connectivity index (χ0) is 17.1. The maximum absolute atomic E-state index is 12.7. The highest BCUT2D eigenvalue weighted by Crippen LogP contribution is 2.20. The highest BCUT2D eigenvalue weighted by atomic mass is 16.2. The van der Waals surface area contributed by atoms with Crippen molar-refractivity contribution in [3.8, 4) is 0 Å².